The Bertz CT molecular complexity index is 401. The van der Waals surface area contributed by atoms with Gasteiger partial charge in [0.1, 0.15) is 5.60 Å². The van der Waals surface area contributed by atoms with Crippen molar-refractivity contribution < 1.29 is 9.53 Å². The number of halogens is 1. The van der Waals surface area contributed by atoms with Gasteiger partial charge in [-0.3, -0.25) is 4.79 Å². The largest absolute Gasteiger partial charge is 0.460 e. The molecule has 1 unspecified atom stereocenters. The van der Waals surface area contributed by atoms with E-state index in [1.807, 2.05) is 51.1 Å². The van der Waals surface area contributed by atoms with Crippen LogP contribution in [0.4, 0.5) is 0 Å². The van der Waals surface area contributed by atoms with Gasteiger partial charge < -0.3 is 10.5 Å². The van der Waals surface area contributed by atoms with Crippen LogP contribution in [0.3, 0.4) is 0 Å². The lowest BCUT2D eigenvalue weighted by atomic mass is 10.0. The lowest BCUT2D eigenvalue weighted by molar-refractivity contribution is -0.154. The third kappa shape index (κ3) is 14.1. The second-order valence-electron chi connectivity index (χ2n) is 6.47. The van der Waals surface area contributed by atoms with Crippen molar-refractivity contribution in [1.29, 1.82) is 0 Å². The quantitative estimate of drug-likeness (QED) is 0.569. The van der Waals surface area contributed by atoms with Crippen molar-refractivity contribution in [2.24, 2.45) is 11.7 Å². The Hall–Kier alpha value is -0.870. The van der Waals surface area contributed by atoms with Crippen LogP contribution in [0.5, 0.6) is 0 Å². The van der Waals surface area contributed by atoms with Crippen molar-refractivity contribution in [3.8, 4) is 0 Å². The molecule has 4 heteroatoms. The zero-order valence-electron chi connectivity index (χ0n) is 14.3. The highest BCUT2D eigenvalue weighted by atomic mass is 79.9. The van der Waals surface area contributed by atoms with Gasteiger partial charge in [0.2, 0.25) is 0 Å². The van der Waals surface area contributed by atoms with Gasteiger partial charge in [-0.1, -0.05) is 47.5 Å². The van der Waals surface area contributed by atoms with Crippen LogP contribution >= 0.6 is 15.9 Å². The van der Waals surface area contributed by atoms with Crippen LogP contribution < -0.4 is 5.73 Å². The average molecular weight is 372 g/mol. The Labute approximate surface area is 143 Å². The molecular formula is C18H30BrNO2. The number of nitrogens with two attached hydrogens (primary N) is 1. The second kappa shape index (κ2) is 11.7. The van der Waals surface area contributed by atoms with Crippen molar-refractivity contribution in [3.63, 3.8) is 0 Å². The molecule has 0 aliphatic rings. The van der Waals surface area contributed by atoms with Gasteiger partial charge in [-0.15, -0.1) is 0 Å². The first-order valence-corrected chi connectivity index (χ1v) is 8.66. The molecule has 0 heterocycles. The molecule has 3 nitrogen and oxygen atoms in total. The van der Waals surface area contributed by atoms with E-state index in [9.17, 15) is 4.79 Å². The Morgan fingerprint density at radius 2 is 1.82 bits per heavy atom. The fourth-order valence-corrected chi connectivity index (χ4v) is 1.99. The first-order valence-electron chi connectivity index (χ1n) is 7.87. The molecule has 0 saturated heterocycles. The van der Waals surface area contributed by atoms with E-state index in [-0.39, 0.29) is 11.6 Å². The summed E-state index contributed by atoms with van der Waals surface area (Å²) in [7, 11) is 0. The number of ether oxygens (including phenoxy) is 1. The Morgan fingerprint density at radius 3 is 2.23 bits per heavy atom. The lowest BCUT2D eigenvalue weighted by Crippen LogP contribution is -2.23. The van der Waals surface area contributed by atoms with Gasteiger partial charge in [0.15, 0.2) is 0 Å². The van der Waals surface area contributed by atoms with Crippen LogP contribution in [0.25, 0.3) is 0 Å². The zero-order chi connectivity index (χ0) is 17.0. The second-order valence-corrected chi connectivity index (χ2v) is 7.38. The lowest BCUT2D eigenvalue weighted by Gasteiger charge is -2.19. The molecule has 0 aromatic heterocycles. The maximum atomic E-state index is 11.3. The molecule has 0 bridgehead atoms. The number of rotatable bonds is 6. The molecule has 0 aliphatic heterocycles. The summed E-state index contributed by atoms with van der Waals surface area (Å²) in [4.78, 5) is 11.3. The van der Waals surface area contributed by atoms with Gasteiger partial charge in [0, 0.05) is 10.9 Å². The normalized spacial score (nSPS) is 12.1. The van der Waals surface area contributed by atoms with Gasteiger partial charge in [0.05, 0.1) is 0 Å². The molecule has 0 fully saturated rings. The van der Waals surface area contributed by atoms with E-state index in [1.54, 1.807) is 0 Å². The summed E-state index contributed by atoms with van der Waals surface area (Å²) in [5.41, 5.74) is 5.15. The summed E-state index contributed by atoms with van der Waals surface area (Å²) < 4.78 is 6.34. The standard InChI is InChI=1S/C12H25NO2.C6H5Br/c1-10(9-13)7-5-6-8-11(14)15-12(2,3)4;7-6-4-2-1-3-5-6/h10H,5-9,13H2,1-4H3;1-5H. The number of hydrogen-bond donors (Lipinski definition) is 1. The van der Waals surface area contributed by atoms with Crippen molar-refractivity contribution >= 4 is 21.9 Å². The molecule has 1 aromatic rings. The van der Waals surface area contributed by atoms with Crippen LogP contribution in [-0.2, 0) is 9.53 Å². The van der Waals surface area contributed by atoms with Crippen LogP contribution in [-0.4, -0.2) is 18.1 Å². The number of carbonyl (C=O) groups excluding carboxylic acids is 1. The van der Waals surface area contributed by atoms with E-state index >= 15 is 0 Å². The van der Waals surface area contributed by atoms with Crippen molar-refractivity contribution in [2.75, 3.05) is 6.54 Å². The Kier molecular flexibility index (Phi) is 11.2. The molecule has 0 spiro atoms. The molecule has 126 valence electrons. The number of carbonyl (C=O) groups is 1. The topological polar surface area (TPSA) is 52.3 Å². The summed E-state index contributed by atoms with van der Waals surface area (Å²) in [6.45, 7) is 8.53. The van der Waals surface area contributed by atoms with Gasteiger partial charge in [-0.05, 0) is 58.2 Å². The zero-order valence-corrected chi connectivity index (χ0v) is 15.9. The van der Waals surface area contributed by atoms with Crippen molar-refractivity contribution in [2.45, 2.75) is 59.0 Å². The molecule has 22 heavy (non-hydrogen) atoms. The van der Waals surface area contributed by atoms with Gasteiger partial charge in [-0.2, -0.15) is 0 Å². The summed E-state index contributed by atoms with van der Waals surface area (Å²) >= 11 is 3.31. The predicted octanol–water partition coefficient (Wildman–Crippen LogP) is 4.93. The molecule has 0 aliphatic carbocycles. The highest BCUT2D eigenvalue weighted by Crippen LogP contribution is 2.12. The van der Waals surface area contributed by atoms with Gasteiger partial charge >= 0.3 is 5.97 Å². The third-order valence-corrected chi connectivity index (χ3v) is 3.41. The third-order valence-electron chi connectivity index (χ3n) is 2.88. The molecule has 1 atom stereocenters. The van der Waals surface area contributed by atoms with E-state index in [0.717, 1.165) is 30.3 Å². The maximum Gasteiger partial charge on any atom is 0.306 e. The van der Waals surface area contributed by atoms with E-state index in [0.29, 0.717) is 12.3 Å². The molecule has 2 N–H and O–H groups in total. The number of hydrogen-bond acceptors (Lipinski definition) is 3. The van der Waals surface area contributed by atoms with E-state index < -0.39 is 0 Å². The smallest absolute Gasteiger partial charge is 0.306 e. The summed E-state index contributed by atoms with van der Waals surface area (Å²) in [6, 6.07) is 9.97. The summed E-state index contributed by atoms with van der Waals surface area (Å²) in [5, 5.41) is 0. The van der Waals surface area contributed by atoms with E-state index in [2.05, 4.69) is 22.9 Å². The molecule has 0 saturated carbocycles. The van der Waals surface area contributed by atoms with Gasteiger partial charge in [-0.25, -0.2) is 0 Å². The Balaban J connectivity index is 0.000000518. The van der Waals surface area contributed by atoms with E-state index in [1.165, 1.54) is 0 Å². The van der Waals surface area contributed by atoms with Crippen LogP contribution in [0.1, 0.15) is 53.4 Å². The first kappa shape index (κ1) is 21.1. The van der Waals surface area contributed by atoms with Crippen LogP contribution in [0, 0.1) is 5.92 Å². The van der Waals surface area contributed by atoms with Gasteiger partial charge in [0.25, 0.3) is 0 Å². The van der Waals surface area contributed by atoms with E-state index in [4.69, 9.17) is 10.5 Å². The molecule has 1 aromatic carbocycles. The average Bonchev–Trinajstić information content (AvgIpc) is 2.43. The van der Waals surface area contributed by atoms with Crippen LogP contribution in [0.15, 0.2) is 34.8 Å². The minimum atomic E-state index is -0.359. The van der Waals surface area contributed by atoms with Crippen molar-refractivity contribution in [1.82, 2.24) is 0 Å². The SMILES string of the molecule is Brc1ccccc1.CC(CN)CCCCC(=O)OC(C)(C)C. The summed E-state index contributed by atoms with van der Waals surface area (Å²) in [5.74, 6) is 0.464. The fourth-order valence-electron chi connectivity index (χ4n) is 1.69. The number of unbranched alkanes of at least 4 members (excludes halogenated alkanes) is 1. The molecular weight excluding hydrogens is 342 g/mol. The summed E-state index contributed by atoms with van der Waals surface area (Å²) in [6.07, 6.45) is 3.57. The monoisotopic (exact) mass is 371 g/mol. The fraction of sp³-hybridized carbons (Fsp3) is 0.611. The first-order chi connectivity index (χ1) is 10.2. The number of esters is 1. The minimum Gasteiger partial charge on any atom is -0.460 e. The predicted molar refractivity (Wildman–Crippen MR) is 96.7 cm³/mol. The maximum absolute atomic E-state index is 11.3. The minimum absolute atomic E-state index is 0.0945. The molecule has 0 radical (unpaired) electrons. The highest BCUT2D eigenvalue weighted by molar-refractivity contribution is 9.10. The van der Waals surface area contributed by atoms with Crippen molar-refractivity contribution in [3.05, 3.63) is 34.8 Å². The molecule has 0 amide bonds. The Morgan fingerprint density at radius 1 is 1.23 bits per heavy atom. The highest BCUT2D eigenvalue weighted by Gasteiger charge is 2.15. The molecule has 1 rings (SSSR count). The van der Waals surface area contributed by atoms with Crippen LogP contribution in [0.2, 0.25) is 0 Å². The number of benzene rings is 1.